The zero-order valence-electron chi connectivity index (χ0n) is 15.2. The molecule has 0 bridgehead atoms. The van der Waals surface area contributed by atoms with Crippen molar-refractivity contribution in [1.29, 1.82) is 0 Å². The molecule has 3 rings (SSSR count). The van der Waals surface area contributed by atoms with Gasteiger partial charge in [0.15, 0.2) is 0 Å². The Morgan fingerprint density at radius 3 is 2.44 bits per heavy atom. The van der Waals surface area contributed by atoms with Crippen molar-refractivity contribution in [3.05, 3.63) is 12.2 Å². The average Bonchev–Trinajstić information content (AvgIpc) is 2.82. The fourth-order valence-corrected chi connectivity index (χ4v) is 5.39. The molecule has 25 heavy (non-hydrogen) atoms. The molecule has 0 spiro atoms. The summed E-state index contributed by atoms with van der Waals surface area (Å²) in [5, 5.41) is 0. The van der Waals surface area contributed by atoms with Gasteiger partial charge in [0.25, 0.3) is 0 Å². The Balaban J connectivity index is 1.98. The van der Waals surface area contributed by atoms with Crippen LogP contribution in [0.1, 0.15) is 47.0 Å². The van der Waals surface area contributed by atoms with E-state index >= 15 is 0 Å². The summed E-state index contributed by atoms with van der Waals surface area (Å²) in [5.74, 6) is -0.897. The molecule has 0 aromatic heterocycles. The number of hydrogen-bond donors (Lipinski definition) is 0. The van der Waals surface area contributed by atoms with E-state index in [1.165, 1.54) is 13.8 Å². The van der Waals surface area contributed by atoms with Crippen LogP contribution in [0.3, 0.4) is 0 Å². The minimum absolute atomic E-state index is 0.0397. The van der Waals surface area contributed by atoms with Gasteiger partial charge in [-0.25, -0.2) is 4.79 Å². The maximum absolute atomic E-state index is 11.9. The lowest BCUT2D eigenvalue weighted by molar-refractivity contribution is -0.153. The van der Waals surface area contributed by atoms with Crippen molar-refractivity contribution >= 4 is 17.9 Å². The first-order chi connectivity index (χ1) is 11.6. The maximum atomic E-state index is 11.9. The first-order valence-electron chi connectivity index (χ1n) is 8.87. The van der Waals surface area contributed by atoms with Crippen LogP contribution in [0.25, 0.3) is 0 Å². The van der Waals surface area contributed by atoms with Gasteiger partial charge in [-0.2, -0.15) is 0 Å². The molecular formula is C19H26O6. The van der Waals surface area contributed by atoms with Crippen LogP contribution in [-0.2, 0) is 28.6 Å². The zero-order valence-corrected chi connectivity index (χ0v) is 15.2. The number of rotatable bonds is 2. The Hall–Kier alpha value is -1.85. The average molecular weight is 350 g/mol. The molecule has 0 unspecified atom stereocenters. The van der Waals surface area contributed by atoms with Crippen LogP contribution in [-0.4, -0.2) is 36.2 Å². The van der Waals surface area contributed by atoms with Gasteiger partial charge in [-0.15, -0.1) is 0 Å². The molecule has 3 aliphatic rings. The van der Waals surface area contributed by atoms with Crippen LogP contribution >= 0.6 is 0 Å². The topological polar surface area (TPSA) is 78.9 Å². The summed E-state index contributed by atoms with van der Waals surface area (Å²) < 4.78 is 16.7. The van der Waals surface area contributed by atoms with E-state index in [4.69, 9.17) is 14.2 Å². The second kappa shape index (κ2) is 6.15. The van der Waals surface area contributed by atoms with E-state index in [1.54, 1.807) is 0 Å². The molecule has 1 aliphatic heterocycles. The van der Waals surface area contributed by atoms with Gasteiger partial charge in [-0.05, 0) is 18.8 Å². The largest absolute Gasteiger partial charge is 0.462 e. The fourth-order valence-electron chi connectivity index (χ4n) is 5.39. The maximum Gasteiger partial charge on any atom is 0.334 e. The van der Waals surface area contributed by atoms with Gasteiger partial charge in [0, 0.05) is 43.1 Å². The van der Waals surface area contributed by atoms with Crippen LogP contribution in [0.4, 0.5) is 0 Å². The van der Waals surface area contributed by atoms with Crippen molar-refractivity contribution in [3.63, 3.8) is 0 Å². The van der Waals surface area contributed by atoms with Crippen molar-refractivity contribution in [2.75, 3.05) is 0 Å². The minimum Gasteiger partial charge on any atom is -0.462 e. The number of carbonyl (C=O) groups is 3. The first kappa shape index (κ1) is 18.0. The van der Waals surface area contributed by atoms with Gasteiger partial charge >= 0.3 is 17.9 Å². The van der Waals surface area contributed by atoms with E-state index in [0.29, 0.717) is 24.8 Å². The lowest BCUT2D eigenvalue weighted by Crippen LogP contribution is -2.40. The van der Waals surface area contributed by atoms with Crippen molar-refractivity contribution in [2.45, 2.75) is 65.3 Å². The quantitative estimate of drug-likeness (QED) is 0.432. The summed E-state index contributed by atoms with van der Waals surface area (Å²) in [4.78, 5) is 35.2. The third-order valence-electron chi connectivity index (χ3n) is 6.26. The second-order valence-corrected chi connectivity index (χ2v) is 8.01. The number of hydrogen-bond acceptors (Lipinski definition) is 6. The molecule has 0 aromatic carbocycles. The number of carbonyl (C=O) groups excluding carboxylic acids is 3. The highest BCUT2D eigenvalue weighted by atomic mass is 16.6. The molecule has 0 amide bonds. The van der Waals surface area contributed by atoms with Gasteiger partial charge in [-0.3, -0.25) is 9.59 Å². The molecule has 3 fully saturated rings. The predicted molar refractivity (Wildman–Crippen MR) is 88.2 cm³/mol. The number of ether oxygens (including phenoxy) is 3. The second-order valence-electron chi connectivity index (χ2n) is 8.01. The summed E-state index contributed by atoms with van der Waals surface area (Å²) in [6.07, 6.45) is 0.957. The fraction of sp³-hybridized carbons (Fsp3) is 0.737. The zero-order chi connectivity index (χ0) is 18.5. The van der Waals surface area contributed by atoms with Gasteiger partial charge in [0.2, 0.25) is 0 Å². The van der Waals surface area contributed by atoms with Crippen LogP contribution in [0.5, 0.6) is 0 Å². The lowest BCUT2D eigenvalue weighted by Gasteiger charge is -2.39. The third kappa shape index (κ3) is 2.96. The van der Waals surface area contributed by atoms with Gasteiger partial charge in [0.1, 0.15) is 18.3 Å². The van der Waals surface area contributed by atoms with Crippen molar-refractivity contribution < 1.29 is 28.6 Å². The van der Waals surface area contributed by atoms with Crippen LogP contribution in [0.15, 0.2) is 12.2 Å². The van der Waals surface area contributed by atoms with E-state index in [9.17, 15) is 14.4 Å². The molecule has 6 nitrogen and oxygen atoms in total. The highest BCUT2D eigenvalue weighted by Crippen LogP contribution is 2.58. The van der Waals surface area contributed by atoms with Crippen molar-refractivity contribution in [3.8, 4) is 0 Å². The standard InChI is InChI=1S/C19H26O6/c1-9-6-14-13(10(2)18(22)25-14)8-19(5)16(24-12(4)21)7-15(17(9)19)23-11(3)20/h9,13-17H,2,6-8H2,1,3-5H3/t9-,13-,14-,15+,16-,17-,19-/m1/s1. The molecule has 2 aliphatic carbocycles. The summed E-state index contributed by atoms with van der Waals surface area (Å²) in [7, 11) is 0. The third-order valence-corrected chi connectivity index (χ3v) is 6.26. The highest BCUT2D eigenvalue weighted by Gasteiger charge is 2.61. The number of fused-ring (bicyclic) bond motifs is 2. The summed E-state index contributed by atoms with van der Waals surface area (Å²) in [6.45, 7) is 10.9. The normalized spacial score (nSPS) is 42.9. The van der Waals surface area contributed by atoms with Crippen LogP contribution in [0, 0.1) is 23.2 Å². The molecule has 1 saturated heterocycles. The minimum atomic E-state index is -0.401. The SMILES string of the molecule is C=C1C(=O)O[C@@H]2C[C@@H](C)[C@@H]3[C@@H](OC(C)=O)C[C@@H](OC(C)=O)[C@@]3(C)C[C@H]12. The molecule has 1 heterocycles. The van der Waals surface area contributed by atoms with E-state index in [2.05, 4.69) is 20.4 Å². The molecule has 0 N–H and O–H groups in total. The lowest BCUT2D eigenvalue weighted by atomic mass is 9.69. The van der Waals surface area contributed by atoms with E-state index in [-0.39, 0.29) is 54.0 Å². The Morgan fingerprint density at radius 1 is 1.20 bits per heavy atom. The molecule has 6 heteroatoms. The summed E-state index contributed by atoms with van der Waals surface area (Å²) in [5.41, 5.74) is 0.0956. The molecule has 138 valence electrons. The van der Waals surface area contributed by atoms with E-state index in [0.717, 1.165) is 0 Å². The Labute approximate surface area is 147 Å². The highest BCUT2D eigenvalue weighted by molar-refractivity contribution is 5.90. The summed E-state index contributed by atoms with van der Waals surface area (Å²) >= 11 is 0. The monoisotopic (exact) mass is 350 g/mol. The molecule has 7 atom stereocenters. The predicted octanol–water partition coefficient (Wildman–Crippen LogP) is 2.40. The van der Waals surface area contributed by atoms with Gasteiger partial charge in [-0.1, -0.05) is 20.4 Å². The molecule has 0 aromatic rings. The molecular weight excluding hydrogens is 324 g/mol. The smallest absolute Gasteiger partial charge is 0.334 e. The number of esters is 3. The Bertz CT molecular complexity index is 625. The molecule has 0 radical (unpaired) electrons. The first-order valence-corrected chi connectivity index (χ1v) is 8.87. The molecule has 2 saturated carbocycles. The summed E-state index contributed by atoms with van der Waals surface area (Å²) in [6, 6.07) is 0. The Kier molecular flexibility index (Phi) is 4.41. The van der Waals surface area contributed by atoms with Gasteiger partial charge < -0.3 is 14.2 Å². The van der Waals surface area contributed by atoms with Crippen molar-refractivity contribution in [2.24, 2.45) is 23.2 Å². The van der Waals surface area contributed by atoms with E-state index in [1.807, 2.05) is 0 Å². The van der Waals surface area contributed by atoms with Crippen molar-refractivity contribution in [1.82, 2.24) is 0 Å². The van der Waals surface area contributed by atoms with Gasteiger partial charge in [0.05, 0.1) is 0 Å². The van der Waals surface area contributed by atoms with E-state index < -0.39 is 5.41 Å². The van der Waals surface area contributed by atoms with Crippen LogP contribution in [0.2, 0.25) is 0 Å². The Morgan fingerprint density at radius 2 is 1.84 bits per heavy atom. The van der Waals surface area contributed by atoms with Crippen LogP contribution < -0.4 is 0 Å².